The molecule has 1 aliphatic heterocycles. The van der Waals surface area contributed by atoms with E-state index in [4.69, 9.17) is 4.98 Å². The topological polar surface area (TPSA) is 29.0 Å². The Morgan fingerprint density at radius 3 is 2.80 bits per heavy atom. The third-order valence-electron chi connectivity index (χ3n) is 4.53. The third kappa shape index (κ3) is 2.95. The second-order valence-corrected chi connectivity index (χ2v) is 7.16. The number of fused-ring (bicyclic) bond motifs is 1. The van der Waals surface area contributed by atoms with Crippen molar-refractivity contribution in [1.82, 2.24) is 9.97 Å². The molecule has 1 atom stereocenters. The van der Waals surface area contributed by atoms with Crippen molar-refractivity contribution in [3.05, 3.63) is 17.1 Å². The smallest absolute Gasteiger partial charge is 0.135 e. The second kappa shape index (κ2) is 6.33. The third-order valence-corrected chi connectivity index (χ3v) is 5.59. The lowest BCUT2D eigenvalue weighted by molar-refractivity contribution is 0.649. The monoisotopic (exact) mass is 291 g/mol. The molecule has 0 amide bonds. The van der Waals surface area contributed by atoms with E-state index in [1.807, 2.05) is 18.7 Å². The highest BCUT2D eigenvalue weighted by Gasteiger charge is 2.24. The maximum atomic E-state index is 4.83. The number of aryl methyl sites for hydroxylation is 2. The van der Waals surface area contributed by atoms with Gasteiger partial charge >= 0.3 is 0 Å². The molecule has 1 aromatic heterocycles. The Bertz CT molecular complexity index is 475. The van der Waals surface area contributed by atoms with E-state index in [0.29, 0.717) is 0 Å². The molecule has 4 heteroatoms. The average molecular weight is 291 g/mol. The molecule has 1 unspecified atom stereocenters. The molecule has 0 N–H and O–H groups in total. The van der Waals surface area contributed by atoms with Gasteiger partial charge in [0.25, 0.3) is 0 Å². The Morgan fingerprint density at radius 2 is 1.95 bits per heavy atom. The number of hydrogen-bond donors (Lipinski definition) is 0. The van der Waals surface area contributed by atoms with E-state index in [0.717, 1.165) is 24.0 Å². The lowest BCUT2D eigenvalue weighted by Gasteiger charge is -2.29. The molecular weight excluding hydrogens is 266 g/mol. The van der Waals surface area contributed by atoms with Crippen LogP contribution in [0.4, 0.5) is 5.82 Å². The van der Waals surface area contributed by atoms with Crippen molar-refractivity contribution < 1.29 is 0 Å². The van der Waals surface area contributed by atoms with Gasteiger partial charge in [-0.25, -0.2) is 9.97 Å². The van der Waals surface area contributed by atoms with Crippen LogP contribution in [0, 0.1) is 6.92 Å². The Labute approximate surface area is 126 Å². The molecule has 20 heavy (non-hydrogen) atoms. The van der Waals surface area contributed by atoms with Crippen molar-refractivity contribution in [3.63, 3.8) is 0 Å². The Kier molecular flexibility index (Phi) is 4.49. The maximum Gasteiger partial charge on any atom is 0.135 e. The molecule has 1 fully saturated rings. The number of nitrogens with zero attached hydrogens (tertiary/aromatic N) is 3. The minimum Gasteiger partial charge on any atom is -0.355 e. The van der Waals surface area contributed by atoms with Crippen LogP contribution in [0.15, 0.2) is 0 Å². The molecule has 3 nitrogen and oxygen atoms in total. The first kappa shape index (κ1) is 14.2. The average Bonchev–Trinajstić information content (AvgIpc) is 2.71. The molecule has 0 radical (unpaired) electrons. The Balaban J connectivity index is 1.93. The molecule has 2 aliphatic rings. The number of anilines is 1. The molecule has 0 saturated carbocycles. The van der Waals surface area contributed by atoms with Crippen molar-refractivity contribution >= 4 is 17.6 Å². The quantitative estimate of drug-likeness (QED) is 0.835. The van der Waals surface area contributed by atoms with Crippen LogP contribution in [0.5, 0.6) is 0 Å². The van der Waals surface area contributed by atoms with Gasteiger partial charge in [-0.2, -0.15) is 11.8 Å². The van der Waals surface area contributed by atoms with Crippen LogP contribution in [-0.2, 0) is 12.8 Å². The van der Waals surface area contributed by atoms with Gasteiger partial charge in [0.05, 0.1) is 0 Å². The largest absolute Gasteiger partial charge is 0.355 e. The predicted molar refractivity (Wildman–Crippen MR) is 86.8 cm³/mol. The normalized spacial score (nSPS) is 23.3. The maximum absolute atomic E-state index is 4.83. The zero-order valence-electron chi connectivity index (χ0n) is 12.7. The molecule has 0 aromatic carbocycles. The fraction of sp³-hybridized carbons (Fsp3) is 0.750. The summed E-state index contributed by atoms with van der Waals surface area (Å²) in [5, 5.41) is 0.756. The van der Waals surface area contributed by atoms with E-state index in [1.165, 1.54) is 62.1 Å². The predicted octanol–water partition coefficient (Wildman–Crippen LogP) is 3.39. The highest BCUT2D eigenvalue weighted by atomic mass is 32.2. The SMILES string of the molecule is CSC1CCCCN(c2nc(C)nc3c2CCCC3)C1. The van der Waals surface area contributed by atoms with Crippen LogP contribution in [0.1, 0.15) is 49.2 Å². The van der Waals surface area contributed by atoms with E-state index in [2.05, 4.69) is 16.1 Å². The highest BCUT2D eigenvalue weighted by molar-refractivity contribution is 7.99. The first-order valence-electron chi connectivity index (χ1n) is 7.92. The minimum absolute atomic E-state index is 0.756. The lowest BCUT2D eigenvalue weighted by atomic mass is 9.96. The molecule has 1 aliphatic carbocycles. The van der Waals surface area contributed by atoms with Gasteiger partial charge in [-0.1, -0.05) is 6.42 Å². The van der Waals surface area contributed by atoms with Gasteiger partial charge in [-0.05, 0) is 51.7 Å². The first-order chi connectivity index (χ1) is 9.78. The van der Waals surface area contributed by atoms with Crippen LogP contribution in [0.25, 0.3) is 0 Å². The fourth-order valence-corrected chi connectivity index (χ4v) is 4.18. The second-order valence-electron chi connectivity index (χ2n) is 6.03. The fourth-order valence-electron chi connectivity index (χ4n) is 3.44. The van der Waals surface area contributed by atoms with E-state index in [1.54, 1.807) is 0 Å². The summed E-state index contributed by atoms with van der Waals surface area (Å²) in [5.41, 5.74) is 2.77. The highest BCUT2D eigenvalue weighted by Crippen LogP contribution is 2.30. The van der Waals surface area contributed by atoms with Gasteiger partial charge in [0.2, 0.25) is 0 Å². The van der Waals surface area contributed by atoms with E-state index < -0.39 is 0 Å². The zero-order valence-corrected chi connectivity index (χ0v) is 13.5. The molecule has 0 spiro atoms. The van der Waals surface area contributed by atoms with Crippen molar-refractivity contribution in [3.8, 4) is 0 Å². The minimum atomic E-state index is 0.756. The van der Waals surface area contributed by atoms with Gasteiger partial charge in [0.15, 0.2) is 0 Å². The number of rotatable bonds is 2. The number of aromatic nitrogens is 2. The summed E-state index contributed by atoms with van der Waals surface area (Å²) in [6, 6.07) is 0. The molecule has 1 saturated heterocycles. The summed E-state index contributed by atoms with van der Waals surface area (Å²) in [6.07, 6.45) is 11.2. The van der Waals surface area contributed by atoms with Gasteiger partial charge in [0, 0.05) is 29.6 Å². The van der Waals surface area contributed by atoms with Crippen LogP contribution in [0.2, 0.25) is 0 Å². The van der Waals surface area contributed by atoms with Crippen molar-refractivity contribution in [1.29, 1.82) is 0 Å². The lowest BCUT2D eigenvalue weighted by Crippen LogP contribution is -2.32. The molecule has 3 rings (SSSR count). The summed E-state index contributed by atoms with van der Waals surface area (Å²) in [6.45, 7) is 4.37. The van der Waals surface area contributed by atoms with Crippen LogP contribution < -0.4 is 4.90 Å². The van der Waals surface area contributed by atoms with Crippen LogP contribution in [-0.4, -0.2) is 34.6 Å². The van der Waals surface area contributed by atoms with Gasteiger partial charge in [-0.15, -0.1) is 0 Å². The molecule has 2 heterocycles. The summed E-state index contributed by atoms with van der Waals surface area (Å²) < 4.78 is 0. The molecule has 1 aromatic rings. The van der Waals surface area contributed by atoms with Crippen molar-refractivity contribution in [2.75, 3.05) is 24.2 Å². The van der Waals surface area contributed by atoms with E-state index in [9.17, 15) is 0 Å². The van der Waals surface area contributed by atoms with Crippen molar-refractivity contribution in [2.45, 2.75) is 57.1 Å². The van der Waals surface area contributed by atoms with Crippen LogP contribution >= 0.6 is 11.8 Å². The molecular formula is C16H25N3S. The van der Waals surface area contributed by atoms with Crippen LogP contribution in [0.3, 0.4) is 0 Å². The summed E-state index contributed by atoms with van der Waals surface area (Å²) in [7, 11) is 0. The number of thioether (sulfide) groups is 1. The van der Waals surface area contributed by atoms with Gasteiger partial charge < -0.3 is 4.90 Å². The van der Waals surface area contributed by atoms with Crippen molar-refractivity contribution in [2.24, 2.45) is 0 Å². The molecule has 110 valence electrons. The molecule has 0 bridgehead atoms. The Hall–Kier alpha value is -0.770. The Morgan fingerprint density at radius 1 is 1.10 bits per heavy atom. The van der Waals surface area contributed by atoms with E-state index in [-0.39, 0.29) is 0 Å². The summed E-state index contributed by atoms with van der Waals surface area (Å²) >= 11 is 2.01. The zero-order chi connectivity index (χ0) is 13.9. The summed E-state index contributed by atoms with van der Waals surface area (Å²) in [4.78, 5) is 12.1. The van der Waals surface area contributed by atoms with Gasteiger partial charge in [-0.3, -0.25) is 0 Å². The van der Waals surface area contributed by atoms with E-state index >= 15 is 0 Å². The summed E-state index contributed by atoms with van der Waals surface area (Å²) in [5.74, 6) is 2.21. The standard InChI is InChI=1S/C16H25N3S/c1-12-17-15-9-4-3-8-14(15)16(18-12)19-10-6-5-7-13(11-19)20-2/h13H,3-11H2,1-2H3. The van der Waals surface area contributed by atoms with Gasteiger partial charge in [0.1, 0.15) is 11.6 Å². The number of hydrogen-bond acceptors (Lipinski definition) is 4. The first-order valence-corrected chi connectivity index (χ1v) is 9.21.